The summed E-state index contributed by atoms with van der Waals surface area (Å²) in [5.41, 5.74) is 3.57. The van der Waals surface area contributed by atoms with Gasteiger partial charge in [-0.2, -0.15) is 5.06 Å². The summed E-state index contributed by atoms with van der Waals surface area (Å²) in [6.07, 6.45) is 4.55. The minimum Gasteiger partial charge on any atom is -0.478 e. The molecule has 2 aliphatic heterocycles. The van der Waals surface area contributed by atoms with Crippen LogP contribution in [0, 0.1) is 5.82 Å². The maximum absolute atomic E-state index is 13.8. The van der Waals surface area contributed by atoms with Crippen molar-refractivity contribution in [2.45, 2.75) is 57.0 Å². The van der Waals surface area contributed by atoms with Gasteiger partial charge < -0.3 is 14.9 Å². The van der Waals surface area contributed by atoms with Gasteiger partial charge in [0.1, 0.15) is 5.82 Å². The first kappa shape index (κ1) is 27.8. The number of hydrogen-bond acceptors (Lipinski definition) is 6. The number of carboxylic acid groups (broad SMARTS) is 1. The average molecular weight is 586 g/mol. The fraction of sp³-hybridized carbons (Fsp3) is 0.394. The van der Waals surface area contributed by atoms with E-state index in [0.717, 1.165) is 74.0 Å². The lowest BCUT2D eigenvalue weighted by atomic mass is 9.98. The monoisotopic (exact) mass is 585 g/mol. The maximum atomic E-state index is 13.8. The van der Waals surface area contributed by atoms with E-state index in [1.54, 1.807) is 30.3 Å². The second kappa shape index (κ2) is 11.3. The van der Waals surface area contributed by atoms with Crippen LogP contribution in [0.5, 0.6) is 0 Å². The number of hydrogen-bond donors (Lipinski definition) is 1. The Kier molecular flexibility index (Phi) is 7.28. The minimum atomic E-state index is -0.959. The van der Waals surface area contributed by atoms with Crippen molar-refractivity contribution in [1.29, 1.82) is 0 Å². The van der Waals surface area contributed by atoms with Crippen LogP contribution >= 0.6 is 0 Å². The summed E-state index contributed by atoms with van der Waals surface area (Å²) < 4.78 is 17.7. The number of carbonyl (C=O) groups is 1. The number of aromatic nitrogens is 2. The lowest BCUT2D eigenvalue weighted by Gasteiger charge is -2.43. The third-order valence-corrected chi connectivity index (χ3v) is 9.04. The maximum Gasteiger partial charge on any atom is 0.335 e. The number of hydroxylamine groups is 2. The number of aromatic carboxylic acids is 1. The highest BCUT2D eigenvalue weighted by molar-refractivity contribution is 5.87. The SMILES string of the molecule is O=C(O)c1cccc(CN2CN(c3ccc(F)cc3)C3(CCN(CCCn4c(=O)n(C5CC5)c5ccccc54)CC3)O2)c1. The summed E-state index contributed by atoms with van der Waals surface area (Å²) in [4.78, 5) is 36.0. The standard InChI is InChI=1S/C33H36FN5O4/c34-26-9-11-27(12-10-26)38-23-36(22-24-5-3-6-25(21-24)31(40)41)43-33(38)15-19-35(20-16-33)17-4-18-37-29-7-1-2-8-30(29)39(32(37)42)28-13-14-28/h1-3,5-12,21,28H,4,13-20,22-23H2,(H,40,41). The zero-order valence-electron chi connectivity index (χ0n) is 24.1. The number of fused-ring (bicyclic) bond motifs is 1. The van der Waals surface area contributed by atoms with Gasteiger partial charge in [-0.1, -0.05) is 24.3 Å². The van der Waals surface area contributed by atoms with Crippen molar-refractivity contribution >= 4 is 22.7 Å². The molecule has 1 N–H and O–H groups in total. The Hall–Kier alpha value is -3.99. The third-order valence-electron chi connectivity index (χ3n) is 9.04. The van der Waals surface area contributed by atoms with E-state index < -0.39 is 11.7 Å². The Labute approximate surface area is 249 Å². The molecule has 3 aromatic carbocycles. The second-order valence-electron chi connectivity index (χ2n) is 11.9. The van der Waals surface area contributed by atoms with Gasteiger partial charge in [0.25, 0.3) is 0 Å². The molecule has 0 bridgehead atoms. The van der Waals surface area contributed by atoms with Gasteiger partial charge in [-0.25, -0.2) is 14.0 Å². The Balaban J connectivity index is 1.03. The number of nitrogens with zero attached hydrogens (tertiary/aromatic N) is 5. The lowest BCUT2D eigenvalue weighted by Crippen LogP contribution is -2.53. The Morgan fingerprint density at radius 2 is 1.70 bits per heavy atom. The number of piperidine rings is 1. The molecular formula is C33H36FN5O4. The molecule has 1 spiro atoms. The molecule has 2 saturated heterocycles. The molecule has 1 aromatic heterocycles. The van der Waals surface area contributed by atoms with E-state index in [-0.39, 0.29) is 17.1 Å². The van der Waals surface area contributed by atoms with Crippen molar-refractivity contribution in [3.8, 4) is 0 Å². The summed E-state index contributed by atoms with van der Waals surface area (Å²) in [6, 6.07) is 21.9. The molecular weight excluding hydrogens is 549 g/mol. The van der Waals surface area contributed by atoms with Crippen molar-refractivity contribution < 1.29 is 19.1 Å². The molecule has 7 rings (SSSR count). The predicted molar refractivity (Wildman–Crippen MR) is 161 cm³/mol. The largest absolute Gasteiger partial charge is 0.478 e. The van der Waals surface area contributed by atoms with Crippen LogP contribution in [-0.2, 0) is 17.9 Å². The zero-order valence-corrected chi connectivity index (χ0v) is 24.1. The van der Waals surface area contributed by atoms with Crippen LogP contribution in [0.2, 0.25) is 0 Å². The van der Waals surface area contributed by atoms with Crippen molar-refractivity contribution in [3.63, 3.8) is 0 Å². The molecule has 1 saturated carbocycles. The fourth-order valence-electron chi connectivity index (χ4n) is 6.71. The molecule has 0 radical (unpaired) electrons. The zero-order chi connectivity index (χ0) is 29.6. The molecule has 1 aliphatic carbocycles. The summed E-state index contributed by atoms with van der Waals surface area (Å²) in [6.45, 7) is 4.15. The molecule has 4 aromatic rings. The van der Waals surface area contributed by atoms with E-state index >= 15 is 0 Å². The number of anilines is 1. The van der Waals surface area contributed by atoms with Gasteiger partial charge in [0.15, 0.2) is 5.72 Å². The number of likely N-dealkylation sites (tertiary alicyclic amines) is 1. The quantitative estimate of drug-likeness (QED) is 0.294. The number of para-hydroxylation sites is 2. The number of halogens is 1. The van der Waals surface area contributed by atoms with Gasteiger partial charge in [0, 0.05) is 44.2 Å². The molecule has 0 unspecified atom stereocenters. The van der Waals surface area contributed by atoms with E-state index in [1.165, 1.54) is 12.1 Å². The van der Waals surface area contributed by atoms with Gasteiger partial charge in [0.2, 0.25) is 0 Å². The molecule has 0 amide bonds. The lowest BCUT2D eigenvalue weighted by molar-refractivity contribution is -0.212. The smallest absolute Gasteiger partial charge is 0.335 e. The van der Waals surface area contributed by atoms with Gasteiger partial charge in [-0.3, -0.25) is 14.0 Å². The van der Waals surface area contributed by atoms with Crippen LogP contribution in [0.3, 0.4) is 0 Å². The van der Waals surface area contributed by atoms with Crippen molar-refractivity contribution in [2.24, 2.45) is 0 Å². The number of rotatable bonds is 9. The first-order valence-electron chi connectivity index (χ1n) is 15.1. The Morgan fingerprint density at radius 1 is 0.953 bits per heavy atom. The number of carboxylic acids is 1. The average Bonchev–Trinajstić information content (AvgIpc) is 3.73. The molecule has 10 heteroatoms. The molecule has 0 atom stereocenters. The van der Waals surface area contributed by atoms with E-state index in [4.69, 9.17) is 4.84 Å². The predicted octanol–water partition coefficient (Wildman–Crippen LogP) is 5.07. The molecule has 224 valence electrons. The highest BCUT2D eigenvalue weighted by Crippen LogP contribution is 2.40. The molecule has 43 heavy (non-hydrogen) atoms. The van der Waals surface area contributed by atoms with E-state index in [2.05, 4.69) is 15.9 Å². The molecule has 3 fully saturated rings. The van der Waals surface area contributed by atoms with E-state index in [0.29, 0.717) is 25.8 Å². The minimum absolute atomic E-state index is 0.101. The highest BCUT2D eigenvalue weighted by atomic mass is 19.1. The van der Waals surface area contributed by atoms with Crippen LogP contribution in [0.15, 0.2) is 77.6 Å². The first-order valence-corrected chi connectivity index (χ1v) is 15.1. The van der Waals surface area contributed by atoms with Crippen LogP contribution in [-0.4, -0.2) is 62.2 Å². The molecule has 9 nitrogen and oxygen atoms in total. The van der Waals surface area contributed by atoms with E-state index in [9.17, 15) is 19.1 Å². The Morgan fingerprint density at radius 3 is 2.42 bits per heavy atom. The second-order valence-corrected chi connectivity index (χ2v) is 11.9. The summed E-state index contributed by atoms with van der Waals surface area (Å²) >= 11 is 0. The van der Waals surface area contributed by atoms with Gasteiger partial charge in [-0.15, -0.1) is 0 Å². The van der Waals surface area contributed by atoms with Gasteiger partial charge in [0.05, 0.1) is 29.8 Å². The number of aryl methyl sites for hydroxylation is 1. The number of benzene rings is 3. The van der Waals surface area contributed by atoms with Gasteiger partial charge >= 0.3 is 11.7 Å². The first-order chi connectivity index (χ1) is 20.9. The number of imidazole rings is 1. The summed E-state index contributed by atoms with van der Waals surface area (Å²) in [5, 5.41) is 11.3. The van der Waals surface area contributed by atoms with Crippen LogP contribution < -0.4 is 10.6 Å². The third kappa shape index (κ3) is 5.46. The molecule has 3 heterocycles. The highest BCUT2D eigenvalue weighted by Gasteiger charge is 2.48. The summed E-state index contributed by atoms with van der Waals surface area (Å²) in [5.74, 6) is -1.24. The van der Waals surface area contributed by atoms with E-state index in [1.807, 2.05) is 38.5 Å². The Bertz CT molecular complexity index is 1690. The molecule has 3 aliphatic rings. The topological polar surface area (TPSA) is 83.2 Å². The van der Waals surface area contributed by atoms with Crippen molar-refractivity contribution in [1.82, 2.24) is 19.1 Å². The van der Waals surface area contributed by atoms with Crippen LogP contribution in [0.25, 0.3) is 11.0 Å². The summed E-state index contributed by atoms with van der Waals surface area (Å²) in [7, 11) is 0. The van der Waals surface area contributed by atoms with Crippen molar-refractivity contribution in [2.75, 3.05) is 31.2 Å². The fourth-order valence-corrected chi connectivity index (χ4v) is 6.71. The normalized spacial score (nSPS) is 19.0. The van der Waals surface area contributed by atoms with Gasteiger partial charge in [-0.05, 0) is 79.9 Å². The van der Waals surface area contributed by atoms with Crippen LogP contribution in [0.4, 0.5) is 10.1 Å². The van der Waals surface area contributed by atoms with Crippen molar-refractivity contribution in [3.05, 3.63) is 100 Å². The van der Waals surface area contributed by atoms with Crippen LogP contribution in [0.1, 0.15) is 54.1 Å².